The molecule has 0 radical (unpaired) electrons. The van der Waals surface area contributed by atoms with E-state index in [9.17, 15) is 4.79 Å². The minimum atomic E-state index is 0.101. The van der Waals surface area contributed by atoms with Crippen LogP contribution in [0.2, 0.25) is 0 Å². The topological polar surface area (TPSA) is 51.0 Å². The van der Waals surface area contributed by atoms with Crippen LogP contribution in [-0.4, -0.2) is 38.4 Å². The lowest BCUT2D eigenvalue weighted by Crippen LogP contribution is -2.27. The third-order valence-corrected chi connectivity index (χ3v) is 5.54. The second kappa shape index (κ2) is 7.31. The Bertz CT molecular complexity index is 676. The van der Waals surface area contributed by atoms with Gasteiger partial charge >= 0.3 is 0 Å². The first kappa shape index (κ1) is 16.3. The molecule has 0 bridgehead atoms. The fraction of sp³-hybridized carbons (Fsp3) is 0.438. The number of rotatable bonds is 8. The number of amides is 1. The van der Waals surface area contributed by atoms with Crippen molar-refractivity contribution in [1.82, 2.24) is 19.7 Å². The van der Waals surface area contributed by atoms with Gasteiger partial charge in [0, 0.05) is 24.4 Å². The zero-order valence-corrected chi connectivity index (χ0v) is 14.8. The molecule has 0 spiro atoms. The van der Waals surface area contributed by atoms with Crippen LogP contribution >= 0.6 is 23.1 Å². The van der Waals surface area contributed by atoms with Crippen LogP contribution in [0.5, 0.6) is 0 Å². The van der Waals surface area contributed by atoms with E-state index in [0.717, 1.165) is 11.0 Å². The van der Waals surface area contributed by atoms with Gasteiger partial charge in [-0.1, -0.05) is 23.9 Å². The molecule has 1 amide bonds. The summed E-state index contributed by atoms with van der Waals surface area (Å²) >= 11 is 3.12. The molecule has 1 aliphatic rings. The van der Waals surface area contributed by atoms with Crippen molar-refractivity contribution in [1.29, 1.82) is 0 Å². The van der Waals surface area contributed by atoms with Gasteiger partial charge in [0.2, 0.25) is 5.91 Å². The van der Waals surface area contributed by atoms with E-state index in [1.807, 2.05) is 30.6 Å². The lowest BCUT2D eigenvalue weighted by molar-refractivity contribution is -0.127. The van der Waals surface area contributed by atoms with E-state index in [4.69, 9.17) is 0 Å². The molecule has 2 aromatic heterocycles. The van der Waals surface area contributed by atoms with Gasteiger partial charge in [-0.3, -0.25) is 4.79 Å². The van der Waals surface area contributed by atoms with Crippen LogP contribution in [0.25, 0.3) is 0 Å². The number of hydrogen-bond acceptors (Lipinski definition) is 5. The first-order chi connectivity index (χ1) is 11.2. The molecule has 1 aliphatic carbocycles. The van der Waals surface area contributed by atoms with Gasteiger partial charge in [-0.05, 0) is 24.3 Å². The number of hydrogen-bond donors (Lipinski definition) is 0. The van der Waals surface area contributed by atoms with Crippen molar-refractivity contribution in [2.45, 2.75) is 37.0 Å². The number of aromatic nitrogens is 3. The molecule has 2 aromatic rings. The molecular formula is C16H20N4OS2. The SMILES string of the molecule is C=CCn1c(SCC(=O)N(C)Cc2cccs2)nnc1C1CC1. The van der Waals surface area contributed by atoms with Crippen LogP contribution in [0.4, 0.5) is 0 Å². The third-order valence-electron chi connectivity index (χ3n) is 3.72. The second-order valence-corrected chi connectivity index (χ2v) is 7.61. The van der Waals surface area contributed by atoms with Crippen LogP contribution in [0.3, 0.4) is 0 Å². The van der Waals surface area contributed by atoms with E-state index in [-0.39, 0.29) is 5.91 Å². The van der Waals surface area contributed by atoms with Crippen LogP contribution in [0.15, 0.2) is 35.3 Å². The Balaban J connectivity index is 1.59. The highest BCUT2D eigenvalue weighted by Crippen LogP contribution is 2.40. The minimum absolute atomic E-state index is 0.101. The lowest BCUT2D eigenvalue weighted by atomic mass is 10.4. The number of thiophene rings is 1. The Morgan fingerprint density at radius 3 is 3.04 bits per heavy atom. The lowest BCUT2D eigenvalue weighted by Gasteiger charge is -2.16. The molecular weight excluding hydrogens is 328 g/mol. The Kier molecular flexibility index (Phi) is 5.17. The Hall–Kier alpha value is -1.60. The van der Waals surface area contributed by atoms with E-state index in [1.54, 1.807) is 16.2 Å². The van der Waals surface area contributed by atoms with Gasteiger partial charge in [-0.2, -0.15) is 0 Å². The van der Waals surface area contributed by atoms with Crippen molar-refractivity contribution in [3.8, 4) is 0 Å². The van der Waals surface area contributed by atoms with Gasteiger partial charge in [0.25, 0.3) is 0 Å². The highest BCUT2D eigenvalue weighted by atomic mass is 32.2. The monoisotopic (exact) mass is 348 g/mol. The predicted octanol–water partition coefficient (Wildman–Crippen LogP) is 3.15. The van der Waals surface area contributed by atoms with Crippen molar-refractivity contribution >= 4 is 29.0 Å². The molecule has 0 unspecified atom stereocenters. The molecule has 122 valence electrons. The van der Waals surface area contributed by atoms with Crippen molar-refractivity contribution in [2.24, 2.45) is 0 Å². The maximum atomic E-state index is 12.3. The number of thioether (sulfide) groups is 1. The minimum Gasteiger partial charge on any atom is -0.340 e. The molecule has 5 nitrogen and oxygen atoms in total. The predicted molar refractivity (Wildman–Crippen MR) is 93.7 cm³/mol. The first-order valence-electron chi connectivity index (χ1n) is 7.62. The quantitative estimate of drug-likeness (QED) is 0.543. The van der Waals surface area contributed by atoms with Crippen LogP contribution in [0, 0.1) is 0 Å². The first-order valence-corrected chi connectivity index (χ1v) is 9.48. The molecule has 2 heterocycles. The van der Waals surface area contributed by atoms with Gasteiger partial charge < -0.3 is 9.47 Å². The van der Waals surface area contributed by atoms with Crippen molar-refractivity contribution < 1.29 is 4.79 Å². The molecule has 0 atom stereocenters. The van der Waals surface area contributed by atoms with Gasteiger partial charge in [-0.15, -0.1) is 28.1 Å². The summed E-state index contributed by atoms with van der Waals surface area (Å²) in [5, 5.41) is 11.4. The van der Waals surface area contributed by atoms with Gasteiger partial charge in [-0.25, -0.2) is 0 Å². The smallest absolute Gasteiger partial charge is 0.233 e. The average molecular weight is 348 g/mol. The van der Waals surface area contributed by atoms with E-state index >= 15 is 0 Å². The summed E-state index contributed by atoms with van der Waals surface area (Å²) in [6.45, 7) is 5.15. The zero-order chi connectivity index (χ0) is 16.2. The zero-order valence-electron chi connectivity index (χ0n) is 13.1. The van der Waals surface area contributed by atoms with Crippen LogP contribution in [0.1, 0.15) is 29.5 Å². The number of carbonyl (C=O) groups is 1. The van der Waals surface area contributed by atoms with Crippen LogP contribution in [-0.2, 0) is 17.9 Å². The maximum absolute atomic E-state index is 12.3. The Morgan fingerprint density at radius 2 is 2.39 bits per heavy atom. The van der Waals surface area contributed by atoms with Gasteiger partial charge in [0.1, 0.15) is 5.82 Å². The normalized spacial score (nSPS) is 14.0. The molecule has 1 saturated carbocycles. The summed E-state index contributed by atoms with van der Waals surface area (Å²) in [6, 6.07) is 4.05. The second-order valence-electron chi connectivity index (χ2n) is 5.63. The Morgan fingerprint density at radius 1 is 1.57 bits per heavy atom. The molecule has 0 N–H and O–H groups in total. The van der Waals surface area contributed by atoms with Gasteiger partial charge in [0.15, 0.2) is 5.16 Å². The van der Waals surface area contributed by atoms with Crippen molar-refractivity contribution in [2.75, 3.05) is 12.8 Å². The fourth-order valence-corrected chi connectivity index (χ4v) is 3.96. The van der Waals surface area contributed by atoms with E-state index in [2.05, 4.69) is 21.3 Å². The molecule has 0 saturated heterocycles. The largest absolute Gasteiger partial charge is 0.340 e. The van der Waals surface area contributed by atoms with Crippen molar-refractivity contribution in [3.05, 3.63) is 40.9 Å². The van der Waals surface area contributed by atoms with E-state index in [0.29, 0.717) is 24.8 Å². The summed E-state index contributed by atoms with van der Waals surface area (Å²) in [4.78, 5) is 15.2. The summed E-state index contributed by atoms with van der Waals surface area (Å²) < 4.78 is 2.09. The standard InChI is InChI=1S/C16H20N4OS2/c1-3-8-20-15(12-6-7-12)17-18-16(20)23-11-14(21)19(2)10-13-5-4-9-22-13/h3-5,9,12H,1,6-8,10-11H2,2H3. The molecule has 7 heteroatoms. The summed E-state index contributed by atoms with van der Waals surface area (Å²) in [5.41, 5.74) is 0. The average Bonchev–Trinajstić information content (AvgIpc) is 3.11. The maximum Gasteiger partial charge on any atom is 0.233 e. The number of nitrogens with zero attached hydrogens (tertiary/aromatic N) is 4. The molecule has 23 heavy (non-hydrogen) atoms. The molecule has 3 rings (SSSR count). The number of carbonyl (C=O) groups excluding carboxylic acids is 1. The van der Waals surface area contributed by atoms with Gasteiger partial charge in [0.05, 0.1) is 12.3 Å². The third kappa shape index (κ3) is 4.03. The number of allylic oxidation sites excluding steroid dienone is 1. The summed E-state index contributed by atoms with van der Waals surface area (Å²) in [7, 11) is 1.84. The van der Waals surface area contributed by atoms with Crippen LogP contribution < -0.4 is 0 Å². The summed E-state index contributed by atoms with van der Waals surface area (Å²) in [6.07, 6.45) is 4.22. The Labute approximate surface area is 144 Å². The molecule has 0 aromatic carbocycles. The van der Waals surface area contributed by atoms with E-state index in [1.165, 1.54) is 29.5 Å². The summed E-state index contributed by atoms with van der Waals surface area (Å²) in [5.74, 6) is 2.05. The highest BCUT2D eigenvalue weighted by molar-refractivity contribution is 7.99. The highest BCUT2D eigenvalue weighted by Gasteiger charge is 2.30. The molecule has 1 fully saturated rings. The molecule has 0 aliphatic heterocycles. The fourth-order valence-electron chi connectivity index (χ4n) is 2.31. The van der Waals surface area contributed by atoms with Crippen molar-refractivity contribution in [3.63, 3.8) is 0 Å². The van der Waals surface area contributed by atoms with E-state index < -0.39 is 0 Å².